The molecule has 2 saturated heterocycles. The Labute approximate surface area is 97.6 Å². The molecule has 1 unspecified atom stereocenters. The molecule has 17 heavy (non-hydrogen) atoms. The third-order valence-electron chi connectivity index (χ3n) is 2.74. The molecule has 0 radical (unpaired) electrons. The van der Waals surface area contributed by atoms with Crippen LogP contribution in [-0.2, 0) is 23.7 Å². The summed E-state index contributed by atoms with van der Waals surface area (Å²) in [6.45, 7) is 2.99. The van der Waals surface area contributed by atoms with Crippen molar-refractivity contribution >= 4 is 5.97 Å². The highest BCUT2D eigenvalue weighted by molar-refractivity contribution is 5.66. The molecule has 2 rings (SSSR count). The number of halogens is 1. The number of hydrogen-bond acceptors (Lipinski definition) is 6. The van der Waals surface area contributed by atoms with Gasteiger partial charge in [0.1, 0.15) is 12.2 Å². The largest absolute Gasteiger partial charge is 0.456 e. The number of carbonyl (C=O) groups is 1. The second kappa shape index (κ2) is 4.85. The summed E-state index contributed by atoms with van der Waals surface area (Å²) in [5.74, 6) is -0.631. The smallest absolute Gasteiger partial charge is 0.303 e. The molecule has 0 bridgehead atoms. The molecule has 2 fully saturated rings. The van der Waals surface area contributed by atoms with Crippen LogP contribution in [0, 0.1) is 0 Å². The number of aliphatic hydroxyl groups is 1. The Kier molecular flexibility index (Phi) is 3.62. The molecule has 2 aliphatic heterocycles. The topological polar surface area (TPSA) is 74.2 Å². The van der Waals surface area contributed by atoms with Gasteiger partial charge < -0.3 is 24.1 Å². The van der Waals surface area contributed by atoms with Gasteiger partial charge in [-0.1, -0.05) is 0 Å². The van der Waals surface area contributed by atoms with Crippen LogP contribution in [0.3, 0.4) is 0 Å². The summed E-state index contributed by atoms with van der Waals surface area (Å²) in [6, 6.07) is 0. The normalized spacial score (nSPS) is 46.1. The number of ether oxygens (including phenoxy) is 4. The monoisotopic (exact) mass is 250 g/mol. The number of alkyl halides is 1. The van der Waals surface area contributed by atoms with Crippen LogP contribution < -0.4 is 0 Å². The molecule has 6 nitrogen and oxygen atoms in total. The highest BCUT2D eigenvalue weighted by Gasteiger charge is 2.51. The highest BCUT2D eigenvalue weighted by atomic mass is 19.1. The molecule has 0 saturated carbocycles. The van der Waals surface area contributed by atoms with E-state index in [0.29, 0.717) is 0 Å². The van der Waals surface area contributed by atoms with Crippen molar-refractivity contribution in [2.24, 2.45) is 0 Å². The van der Waals surface area contributed by atoms with Gasteiger partial charge in [0.15, 0.2) is 24.9 Å². The lowest BCUT2D eigenvalue weighted by Crippen LogP contribution is -2.62. The number of carbonyl (C=O) groups excluding carboxylic acids is 1. The molecule has 1 N–H and O–H groups in total. The summed E-state index contributed by atoms with van der Waals surface area (Å²) in [6.07, 6.45) is -6.57. The van der Waals surface area contributed by atoms with E-state index in [9.17, 15) is 14.3 Å². The van der Waals surface area contributed by atoms with Crippen molar-refractivity contribution in [2.45, 2.75) is 50.9 Å². The molecular formula is C10H15FO6. The van der Waals surface area contributed by atoms with E-state index >= 15 is 0 Å². The summed E-state index contributed by atoms with van der Waals surface area (Å²) in [4.78, 5) is 10.9. The van der Waals surface area contributed by atoms with Crippen LogP contribution in [0.1, 0.15) is 13.8 Å². The Hall–Kier alpha value is -0.760. The van der Waals surface area contributed by atoms with Crippen molar-refractivity contribution in [1.29, 1.82) is 0 Å². The van der Waals surface area contributed by atoms with Gasteiger partial charge in [0.2, 0.25) is 0 Å². The van der Waals surface area contributed by atoms with E-state index in [4.69, 9.17) is 18.9 Å². The molecule has 7 heteroatoms. The third-order valence-corrected chi connectivity index (χ3v) is 2.74. The fraction of sp³-hybridized carbons (Fsp3) is 0.900. The van der Waals surface area contributed by atoms with Gasteiger partial charge in [-0.2, -0.15) is 0 Å². The second-order valence-corrected chi connectivity index (χ2v) is 4.09. The van der Waals surface area contributed by atoms with Gasteiger partial charge in [-0.3, -0.25) is 4.79 Å². The molecule has 0 aromatic rings. The van der Waals surface area contributed by atoms with E-state index in [1.54, 1.807) is 6.92 Å². The molecule has 0 spiro atoms. The first-order valence-electron chi connectivity index (χ1n) is 5.41. The van der Waals surface area contributed by atoms with Crippen molar-refractivity contribution in [3.05, 3.63) is 0 Å². The number of aliphatic hydroxyl groups excluding tert-OH is 1. The minimum absolute atomic E-state index is 0.160. The van der Waals surface area contributed by atoms with E-state index in [2.05, 4.69) is 0 Å². The van der Waals surface area contributed by atoms with Crippen LogP contribution in [0.15, 0.2) is 0 Å². The van der Waals surface area contributed by atoms with Gasteiger partial charge in [-0.15, -0.1) is 0 Å². The van der Waals surface area contributed by atoms with Crippen molar-refractivity contribution in [1.82, 2.24) is 0 Å². The van der Waals surface area contributed by atoms with E-state index in [-0.39, 0.29) is 6.61 Å². The van der Waals surface area contributed by atoms with Crippen LogP contribution in [0.5, 0.6) is 0 Å². The number of hydrogen-bond donors (Lipinski definition) is 1. The maximum atomic E-state index is 13.7. The first-order valence-corrected chi connectivity index (χ1v) is 5.41. The molecule has 2 aliphatic rings. The number of fused-ring (bicyclic) bond motifs is 1. The number of rotatable bonds is 1. The molecule has 6 atom stereocenters. The lowest BCUT2D eigenvalue weighted by atomic mass is 9.99. The van der Waals surface area contributed by atoms with Crippen LogP contribution >= 0.6 is 0 Å². The SMILES string of the molecule is CC(=O)O[C@H]1[C@H](F)[C@@H](O)O[C@@H]2COC(C)O[C@@H]12. The summed E-state index contributed by atoms with van der Waals surface area (Å²) in [5, 5.41) is 9.37. The van der Waals surface area contributed by atoms with E-state index in [1.807, 2.05) is 0 Å². The zero-order valence-electron chi connectivity index (χ0n) is 9.54. The molecule has 0 aromatic carbocycles. The molecule has 0 aromatic heterocycles. The zero-order valence-corrected chi connectivity index (χ0v) is 9.54. The lowest BCUT2D eigenvalue weighted by Gasteiger charge is -2.44. The second-order valence-electron chi connectivity index (χ2n) is 4.09. The van der Waals surface area contributed by atoms with Gasteiger partial charge in [0, 0.05) is 6.92 Å². The van der Waals surface area contributed by atoms with E-state index in [1.165, 1.54) is 6.92 Å². The zero-order chi connectivity index (χ0) is 12.6. The maximum Gasteiger partial charge on any atom is 0.303 e. The number of esters is 1. The summed E-state index contributed by atoms with van der Waals surface area (Å²) >= 11 is 0. The molecular weight excluding hydrogens is 235 g/mol. The average molecular weight is 250 g/mol. The van der Waals surface area contributed by atoms with Crippen molar-refractivity contribution in [2.75, 3.05) is 6.61 Å². The fourth-order valence-electron chi connectivity index (χ4n) is 2.00. The highest BCUT2D eigenvalue weighted by Crippen LogP contribution is 2.30. The molecule has 0 amide bonds. The van der Waals surface area contributed by atoms with Gasteiger partial charge in [0.25, 0.3) is 0 Å². The predicted molar refractivity (Wildman–Crippen MR) is 51.6 cm³/mol. The molecule has 98 valence electrons. The molecule has 0 aliphatic carbocycles. The minimum Gasteiger partial charge on any atom is -0.456 e. The fourth-order valence-corrected chi connectivity index (χ4v) is 2.00. The van der Waals surface area contributed by atoms with Crippen molar-refractivity contribution in [3.8, 4) is 0 Å². The van der Waals surface area contributed by atoms with Crippen molar-refractivity contribution < 1.29 is 33.2 Å². The van der Waals surface area contributed by atoms with E-state index < -0.39 is 43.0 Å². The Bertz CT molecular complexity index is 299. The first-order chi connectivity index (χ1) is 7.99. The van der Waals surface area contributed by atoms with Gasteiger partial charge in [-0.05, 0) is 6.92 Å². The Morgan fingerprint density at radius 3 is 2.82 bits per heavy atom. The minimum atomic E-state index is -1.83. The summed E-state index contributed by atoms with van der Waals surface area (Å²) < 4.78 is 34.1. The standard InChI is InChI=1S/C10H15FO6/c1-4(12)15-9-7(11)10(13)17-6-3-14-5(2)16-8(6)9/h5-10,13H,3H2,1-2H3/t5?,6-,7+,8-,9+,10+/m1/s1. The molecule has 2 heterocycles. The van der Waals surface area contributed by atoms with Crippen LogP contribution in [-0.4, -0.2) is 54.7 Å². The Morgan fingerprint density at radius 2 is 2.18 bits per heavy atom. The quantitative estimate of drug-likeness (QED) is 0.646. The van der Waals surface area contributed by atoms with Crippen LogP contribution in [0.2, 0.25) is 0 Å². The van der Waals surface area contributed by atoms with E-state index in [0.717, 1.165) is 0 Å². The lowest BCUT2D eigenvalue weighted by molar-refractivity contribution is -0.341. The maximum absolute atomic E-state index is 13.7. The van der Waals surface area contributed by atoms with Crippen LogP contribution in [0.4, 0.5) is 4.39 Å². The average Bonchev–Trinajstić information content (AvgIpc) is 2.25. The van der Waals surface area contributed by atoms with Crippen molar-refractivity contribution in [3.63, 3.8) is 0 Å². The predicted octanol–water partition coefficient (Wildman–Crippen LogP) is -0.265. The summed E-state index contributed by atoms with van der Waals surface area (Å²) in [5.41, 5.74) is 0. The Morgan fingerprint density at radius 1 is 1.47 bits per heavy atom. The van der Waals surface area contributed by atoms with Gasteiger partial charge in [-0.25, -0.2) is 4.39 Å². The van der Waals surface area contributed by atoms with Gasteiger partial charge in [0.05, 0.1) is 6.61 Å². The summed E-state index contributed by atoms with van der Waals surface area (Å²) in [7, 11) is 0. The third kappa shape index (κ3) is 2.57. The first kappa shape index (κ1) is 12.7. The Balaban J connectivity index is 2.14. The van der Waals surface area contributed by atoms with Gasteiger partial charge >= 0.3 is 5.97 Å². The van der Waals surface area contributed by atoms with Crippen LogP contribution in [0.25, 0.3) is 0 Å².